The highest BCUT2D eigenvalue weighted by Gasteiger charge is 2.15. The first-order valence-corrected chi connectivity index (χ1v) is 6.42. The molecule has 0 aliphatic heterocycles. The summed E-state index contributed by atoms with van der Waals surface area (Å²) in [5.41, 5.74) is 0.884. The minimum atomic E-state index is -1.23. The number of rotatable bonds is 7. The molecule has 110 valence electrons. The quantitative estimate of drug-likeness (QED) is 0.734. The van der Waals surface area contributed by atoms with E-state index in [1.165, 1.54) is 0 Å². The topological polar surface area (TPSA) is 84.9 Å². The number of ether oxygens (including phenoxy) is 2. The predicted molar refractivity (Wildman–Crippen MR) is 71.9 cm³/mol. The van der Waals surface area contributed by atoms with Crippen LogP contribution in [0.1, 0.15) is 18.9 Å². The average molecular weight is 281 g/mol. The summed E-state index contributed by atoms with van der Waals surface area (Å²) in [5, 5.41) is 11.9. The van der Waals surface area contributed by atoms with Crippen LogP contribution in [0.25, 0.3) is 0 Å². The van der Waals surface area contributed by atoms with Crippen LogP contribution in [0.5, 0.6) is 0 Å². The van der Waals surface area contributed by atoms with E-state index in [0.29, 0.717) is 0 Å². The molecule has 20 heavy (non-hydrogen) atoms. The zero-order valence-corrected chi connectivity index (χ0v) is 11.4. The summed E-state index contributed by atoms with van der Waals surface area (Å²) in [6.07, 6.45) is -1.74. The van der Waals surface area contributed by atoms with Gasteiger partial charge in [0.1, 0.15) is 6.61 Å². The van der Waals surface area contributed by atoms with Crippen LogP contribution in [0, 0.1) is 0 Å². The van der Waals surface area contributed by atoms with E-state index in [2.05, 4.69) is 10.1 Å². The van der Waals surface area contributed by atoms with E-state index in [-0.39, 0.29) is 26.2 Å². The lowest BCUT2D eigenvalue weighted by Gasteiger charge is -2.10. The minimum Gasteiger partial charge on any atom is -0.464 e. The highest BCUT2D eigenvalue weighted by molar-refractivity contribution is 5.74. The third-order valence-electron chi connectivity index (χ3n) is 2.46. The van der Waals surface area contributed by atoms with Gasteiger partial charge in [-0.3, -0.25) is 0 Å². The minimum absolute atomic E-state index is 0.0826. The van der Waals surface area contributed by atoms with Gasteiger partial charge >= 0.3 is 12.1 Å². The summed E-state index contributed by atoms with van der Waals surface area (Å²) >= 11 is 0. The molecule has 6 nitrogen and oxygen atoms in total. The molecular weight excluding hydrogens is 262 g/mol. The van der Waals surface area contributed by atoms with Gasteiger partial charge in [-0.1, -0.05) is 30.3 Å². The fourth-order valence-corrected chi connectivity index (χ4v) is 1.44. The van der Waals surface area contributed by atoms with E-state index in [0.717, 1.165) is 5.56 Å². The summed E-state index contributed by atoms with van der Waals surface area (Å²) in [6, 6.07) is 9.27. The number of aliphatic hydroxyl groups excluding tert-OH is 1. The van der Waals surface area contributed by atoms with E-state index < -0.39 is 18.2 Å². The van der Waals surface area contributed by atoms with Crippen LogP contribution in [0.4, 0.5) is 4.79 Å². The average Bonchev–Trinajstić information content (AvgIpc) is 2.46. The summed E-state index contributed by atoms with van der Waals surface area (Å²) in [6.45, 7) is 2.17. The molecule has 1 aromatic rings. The molecule has 2 N–H and O–H groups in total. The summed E-state index contributed by atoms with van der Waals surface area (Å²) < 4.78 is 9.60. The number of carbonyl (C=O) groups is 2. The van der Waals surface area contributed by atoms with E-state index in [1.807, 2.05) is 30.3 Å². The lowest BCUT2D eigenvalue weighted by molar-refractivity contribution is -0.153. The monoisotopic (exact) mass is 281 g/mol. The van der Waals surface area contributed by atoms with Crippen molar-refractivity contribution in [2.24, 2.45) is 0 Å². The summed E-state index contributed by atoms with van der Waals surface area (Å²) in [7, 11) is 0. The summed E-state index contributed by atoms with van der Waals surface area (Å²) in [4.78, 5) is 22.5. The fourth-order valence-electron chi connectivity index (χ4n) is 1.44. The molecule has 0 heterocycles. The number of benzene rings is 1. The summed E-state index contributed by atoms with van der Waals surface area (Å²) in [5.74, 6) is -0.688. The molecule has 1 rings (SSSR count). The Kier molecular flexibility index (Phi) is 7.13. The van der Waals surface area contributed by atoms with Crippen molar-refractivity contribution >= 4 is 12.1 Å². The number of amides is 1. The van der Waals surface area contributed by atoms with E-state index >= 15 is 0 Å². The molecule has 0 aromatic heterocycles. The maximum absolute atomic E-state index is 11.4. The van der Waals surface area contributed by atoms with Gasteiger partial charge < -0.3 is 19.9 Å². The molecule has 1 amide bonds. The van der Waals surface area contributed by atoms with Crippen molar-refractivity contribution in [3.63, 3.8) is 0 Å². The van der Waals surface area contributed by atoms with Crippen molar-refractivity contribution in [1.29, 1.82) is 0 Å². The predicted octanol–water partition coefficient (Wildman–Crippen LogP) is 1.23. The molecule has 0 bridgehead atoms. The number of aliphatic hydroxyl groups is 1. The van der Waals surface area contributed by atoms with Crippen LogP contribution < -0.4 is 5.32 Å². The van der Waals surface area contributed by atoms with Gasteiger partial charge in [0.25, 0.3) is 0 Å². The van der Waals surface area contributed by atoms with Crippen LogP contribution in [0.15, 0.2) is 30.3 Å². The maximum atomic E-state index is 11.4. The number of alkyl carbamates (subject to hydrolysis) is 1. The largest absolute Gasteiger partial charge is 0.464 e. The molecule has 0 saturated heterocycles. The molecule has 1 aromatic carbocycles. The van der Waals surface area contributed by atoms with Crippen molar-refractivity contribution < 1.29 is 24.2 Å². The SMILES string of the molecule is CCOC(=O)C(O)CCNC(=O)OCc1ccccc1. The second-order valence-corrected chi connectivity index (χ2v) is 4.05. The van der Waals surface area contributed by atoms with Crippen LogP contribution in [0.3, 0.4) is 0 Å². The molecule has 0 spiro atoms. The van der Waals surface area contributed by atoms with Gasteiger partial charge in [0, 0.05) is 13.0 Å². The second-order valence-electron chi connectivity index (χ2n) is 4.05. The molecule has 0 radical (unpaired) electrons. The maximum Gasteiger partial charge on any atom is 0.407 e. The molecule has 1 unspecified atom stereocenters. The van der Waals surface area contributed by atoms with Crippen LogP contribution in [0.2, 0.25) is 0 Å². The van der Waals surface area contributed by atoms with Crippen LogP contribution >= 0.6 is 0 Å². The second kappa shape index (κ2) is 8.92. The molecule has 0 aliphatic carbocycles. The van der Waals surface area contributed by atoms with Crippen molar-refractivity contribution in [3.8, 4) is 0 Å². The normalized spacial score (nSPS) is 11.5. The number of esters is 1. The number of carbonyl (C=O) groups excluding carboxylic acids is 2. The molecule has 0 fully saturated rings. The van der Waals surface area contributed by atoms with E-state index in [1.54, 1.807) is 6.92 Å². The number of nitrogens with one attached hydrogen (secondary N) is 1. The van der Waals surface area contributed by atoms with Crippen molar-refractivity contribution in [2.75, 3.05) is 13.2 Å². The Morgan fingerprint density at radius 2 is 1.95 bits per heavy atom. The van der Waals surface area contributed by atoms with Gasteiger partial charge in [0.15, 0.2) is 6.10 Å². The zero-order chi connectivity index (χ0) is 14.8. The third kappa shape index (κ3) is 6.19. The molecule has 0 aliphatic rings. The lowest BCUT2D eigenvalue weighted by atomic mass is 10.2. The molecule has 1 atom stereocenters. The molecular formula is C14H19NO5. The lowest BCUT2D eigenvalue weighted by Crippen LogP contribution is -2.31. The Hall–Kier alpha value is -2.08. The zero-order valence-electron chi connectivity index (χ0n) is 11.4. The van der Waals surface area contributed by atoms with Crippen molar-refractivity contribution in [2.45, 2.75) is 26.1 Å². The first kappa shape index (κ1) is 16.0. The van der Waals surface area contributed by atoms with Gasteiger partial charge in [0.2, 0.25) is 0 Å². The Balaban J connectivity index is 2.16. The van der Waals surface area contributed by atoms with Gasteiger partial charge in [0.05, 0.1) is 6.61 Å². The van der Waals surface area contributed by atoms with Crippen molar-refractivity contribution in [1.82, 2.24) is 5.32 Å². The van der Waals surface area contributed by atoms with Gasteiger partial charge in [-0.15, -0.1) is 0 Å². The number of hydrogen-bond acceptors (Lipinski definition) is 5. The first-order chi connectivity index (χ1) is 9.63. The molecule has 0 saturated carbocycles. The molecule has 6 heteroatoms. The third-order valence-corrected chi connectivity index (χ3v) is 2.46. The Bertz CT molecular complexity index is 421. The van der Waals surface area contributed by atoms with Crippen LogP contribution in [-0.2, 0) is 20.9 Å². The smallest absolute Gasteiger partial charge is 0.407 e. The Labute approximate surface area is 117 Å². The van der Waals surface area contributed by atoms with Gasteiger partial charge in [-0.05, 0) is 12.5 Å². The van der Waals surface area contributed by atoms with Gasteiger partial charge in [-0.25, -0.2) is 9.59 Å². The number of hydrogen-bond donors (Lipinski definition) is 2. The van der Waals surface area contributed by atoms with E-state index in [4.69, 9.17) is 4.74 Å². The van der Waals surface area contributed by atoms with Gasteiger partial charge in [-0.2, -0.15) is 0 Å². The van der Waals surface area contributed by atoms with Crippen molar-refractivity contribution in [3.05, 3.63) is 35.9 Å². The Morgan fingerprint density at radius 1 is 1.25 bits per heavy atom. The highest BCUT2D eigenvalue weighted by atomic mass is 16.6. The van der Waals surface area contributed by atoms with Crippen LogP contribution in [-0.4, -0.2) is 36.4 Å². The Morgan fingerprint density at radius 3 is 2.60 bits per heavy atom. The standard InChI is InChI=1S/C14H19NO5/c1-2-19-13(17)12(16)8-9-15-14(18)20-10-11-6-4-3-5-7-11/h3-7,12,16H,2,8-10H2,1H3,(H,15,18). The first-order valence-electron chi connectivity index (χ1n) is 6.42. The highest BCUT2D eigenvalue weighted by Crippen LogP contribution is 2.00. The fraction of sp³-hybridized carbons (Fsp3) is 0.429. The van der Waals surface area contributed by atoms with E-state index in [9.17, 15) is 14.7 Å².